The number of ether oxygens (including phenoxy) is 1. The van der Waals surface area contributed by atoms with Crippen LogP contribution in [-0.4, -0.2) is 23.8 Å². The minimum Gasteiger partial charge on any atom is -0.461 e. The fraction of sp³-hybridized carbons (Fsp3) is 0.727. The largest absolute Gasteiger partial charge is 0.461 e. The monoisotopic (exact) mass is 198 g/mol. The van der Waals surface area contributed by atoms with Gasteiger partial charge in [-0.05, 0) is 32.6 Å². The fourth-order valence-corrected chi connectivity index (χ4v) is 1.95. The molecule has 0 heterocycles. The summed E-state index contributed by atoms with van der Waals surface area (Å²) in [6, 6.07) is 0. The third kappa shape index (κ3) is 2.58. The summed E-state index contributed by atoms with van der Waals surface area (Å²) in [6.45, 7) is 5.61. The quantitative estimate of drug-likeness (QED) is 0.554. The summed E-state index contributed by atoms with van der Waals surface area (Å²) in [4.78, 5) is 11.6. The van der Waals surface area contributed by atoms with Gasteiger partial charge in [-0.25, -0.2) is 0 Å². The summed E-state index contributed by atoms with van der Waals surface area (Å²) in [5.41, 5.74) is -0.499. The lowest BCUT2D eigenvalue weighted by molar-refractivity contribution is -0.157. The fourth-order valence-electron chi connectivity index (χ4n) is 1.95. The molecule has 0 aromatic heterocycles. The Balaban J connectivity index is 2.54. The number of rotatable bonds is 3. The molecule has 0 radical (unpaired) electrons. The van der Waals surface area contributed by atoms with Crippen LogP contribution in [0.15, 0.2) is 12.7 Å². The number of hydrogen-bond donors (Lipinski definition) is 1. The van der Waals surface area contributed by atoms with Gasteiger partial charge in [0.25, 0.3) is 0 Å². The first-order chi connectivity index (χ1) is 6.58. The minimum absolute atomic E-state index is 0.212. The lowest BCUT2D eigenvalue weighted by Crippen LogP contribution is -2.37. The molecule has 2 atom stereocenters. The summed E-state index contributed by atoms with van der Waals surface area (Å²) in [6.07, 6.45) is 4.21. The zero-order valence-corrected chi connectivity index (χ0v) is 8.66. The van der Waals surface area contributed by atoms with Gasteiger partial charge in [-0.3, -0.25) is 4.79 Å². The molecule has 1 aliphatic rings. The maximum Gasteiger partial charge on any atom is 0.312 e. The van der Waals surface area contributed by atoms with Gasteiger partial charge < -0.3 is 9.84 Å². The molecule has 0 aromatic carbocycles. The molecule has 14 heavy (non-hydrogen) atoms. The van der Waals surface area contributed by atoms with E-state index in [1.807, 2.05) is 6.92 Å². The van der Waals surface area contributed by atoms with Gasteiger partial charge >= 0.3 is 5.97 Å². The summed E-state index contributed by atoms with van der Waals surface area (Å²) in [5, 5.41) is 9.49. The van der Waals surface area contributed by atoms with Gasteiger partial charge in [0.15, 0.2) is 0 Å². The van der Waals surface area contributed by atoms with E-state index in [2.05, 4.69) is 6.58 Å². The topological polar surface area (TPSA) is 46.5 Å². The Morgan fingerprint density at radius 2 is 2.50 bits per heavy atom. The molecule has 1 N–H and O–H groups in total. The smallest absolute Gasteiger partial charge is 0.312 e. The SMILES string of the molecule is C=CCOC(=O)C1(C)CCCC(O)C1. The van der Waals surface area contributed by atoms with Crippen LogP contribution < -0.4 is 0 Å². The van der Waals surface area contributed by atoms with Crippen LogP contribution in [0.25, 0.3) is 0 Å². The molecule has 0 bridgehead atoms. The van der Waals surface area contributed by atoms with E-state index in [9.17, 15) is 9.90 Å². The molecular formula is C11H18O3. The zero-order chi connectivity index (χ0) is 10.6. The van der Waals surface area contributed by atoms with Crippen LogP contribution in [0.4, 0.5) is 0 Å². The molecule has 0 saturated heterocycles. The number of esters is 1. The van der Waals surface area contributed by atoms with Crippen LogP contribution >= 0.6 is 0 Å². The summed E-state index contributed by atoms with van der Waals surface area (Å²) >= 11 is 0. The Morgan fingerprint density at radius 1 is 1.79 bits per heavy atom. The van der Waals surface area contributed by atoms with E-state index in [1.54, 1.807) is 6.08 Å². The maximum absolute atomic E-state index is 11.6. The first kappa shape index (κ1) is 11.2. The predicted molar refractivity (Wildman–Crippen MR) is 53.7 cm³/mol. The van der Waals surface area contributed by atoms with Crippen molar-refractivity contribution >= 4 is 5.97 Å². The van der Waals surface area contributed by atoms with E-state index in [0.29, 0.717) is 6.42 Å². The number of carbonyl (C=O) groups is 1. The Labute approximate surface area is 84.8 Å². The number of aliphatic hydroxyl groups excluding tert-OH is 1. The third-order valence-electron chi connectivity index (χ3n) is 2.78. The number of carbonyl (C=O) groups excluding carboxylic acids is 1. The average molecular weight is 198 g/mol. The highest BCUT2D eigenvalue weighted by Gasteiger charge is 2.39. The molecule has 1 aliphatic carbocycles. The van der Waals surface area contributed by atoms with Gasteiger partial charge in [0, 0.05) is 0 Å². The molecule has 80 valence electrons. The molecular weight excluding hydrogens is 180 g/mol. The van der Waals surface area contributed by atoms with Crippen molar-refractivity contribution in [2.45, 2.75) is 38.7 Å². The highest BCUT2D eigenvalue weighted by Crippen LogP contribution is 2.36. The molecule has 0 aromatic rings. The molecule has 1 rings (SSSR count). The second-order valence-electron chi connectivity index (χ2n) is 4.20. The van der Waals surface area contributed by atoms with Crippen molar-refractivity contribution in [2.24, 2.45) is 5.41 Å². The van der Waals surface area contributed by atoms with Crippen LogP contribution in [0.1, 0.15) is 32.6 Å². The van der Waals surface area contributed by atoms with Gasteiger partial charge in [0.2, 0.25) is 0 Å². The zero-order valence-electron chi connectivity index (χ0n) is 8.66. The Hall–Kier alpha value is -0.830. The van der Waals surface area contributed by atoms with E-state index < -0.39 is 5.41 Å². The lowest BCUT2D eigenvalue weighted by Gasteiger charge is -2.33. The van der Waals surface area contributed by atoms with Crippen LogP contribution in [0.2, 0.25) is 0 Å². The van der Waals surface area contributed by atoms with Gasteiger partial charge in [0.05, 0.1) is 11.5 Å². The Morgan fingerprint density at radius 3 is 3.07 bits per heavy atom. The van der Waals surface area contributed by atoms with Gasteiger partial charge in [-0.15, -0.1) is 0 Å². The molecule has 3 nitrogen and oxygen atoms in total. The molecule has 2 unspecified atom stereocenters. The van der Waals surface area contributed by atoms with Gasteiger partial charge in [-0.2, -0.15) is 0 Å². The van der Waals surface area contributed by atoms with Crippen molar-refractivity contribution in [1.82, 2.24) is 0 Å². The van der Waals surface area contributed by atoms with Crippen molar-refractivity contribution in [3.63, 3.8) is 0 Å². The van der Waals surface area contributed by atoms with Crippen molar-refractivity contribution in [2.75, 3.05) is 6.61 Å². The van der Waals surface area contributed by atoms with Crippen molar-refractivity contribution < 1.29 is 14.6 Å². The van der Waals surface area contributed by atoms with E-state index in [-0.39, 0.29) is 18.7 Å². The summed E-state index contributed by atoms with van der Waals surface area (Å²) < 4.78 is 5.01. The minimum atomic E-state index is -0.499. The highest BCUT2D eigenvalue weighted by molar-refractivity contribution is 5.76. The van der Waals surface area contributed by atoms with Crippen LogP contribution in [-0.2, 0) is 9.53 Å². The summed E-state index contributed by atoms with van der Waals surface area (Å²) in [5.74, 6) is -0.212. The maximum atomic E-state index is 11.6. The summed E-state index contributed by atoms with van der Waals surface area (Å²) in [7, 11) is 0. The van der Waals surface area contributed by atoms with Crippen LogP contribution in [0, 0.1) is 5.41 Å². The van der Waals surface area contributed by atoms with E-state index in [1.165, 1.54) is 0 Å². The molecule has 0 aliphatic heterocycles. The van der Waals surface area contributed by atoms with E-state index in [4.69, 9.17) is 4.74 Å². The predicted octanol–water partition coefficient (Wildman–Crippen LogP) is 1.66. The molecule has 0 amide bonds. The lowest BCUT2D eigenvalue weighted by atomic mass is 9.74. The number of aliphatic hydroxyl groups is 1. The first-order valence-electron chi connectivity index (χ1n) is 5.05. The van der Waals surface area contributed by atoms with Crippen LogP contribution in [0.5, 0.6) is 0 Å². The molecule has 1 fully saturated rings. The normalized spacial score (nSPS) is 32.3. The molecule has 3 heteroatoms. The highest BCUT2D eigenvalue weighted by atomic mass is 16.5. The molecule has 0 spiro atoms. The second kappa shape index (κ2) is 4.60. The van der Waals surface area contributed by atoms with Crippen molar-refractivity contribution in [1.29, 1.82) is 0 Å². The number of hydrogen-bond acceptors (Lipinski definition) is 3. The van der Waals surface area contributed by atoms with Crippen molar-refractivity contribution in [3.8, 4) is 0 Å². The van der Waals surface area contributed by atoms with Crippen LogP contribution in [0.3, 0.4) is 0 Å². The first-order valence-corrected chi connectivity index (χ1v) is 5.05. The molecule has 1 saturated carbocycles. The third-order valence-corrected chi connectivity index (χ3v) is 2.78. The van der Waals surface area contributed by atoms with E-state index >= 15 is 0 Å². The Kier molecular flexibility index (Phi) is 3.69. The Bertz CT molecular complexity index is 225. The average Bonchev–Trinajstić information content (AvgIpc) is 2.13. The van der Waals surface area contributed by atoms with E-state index in [0.717, 1.165) is 19.3 Å². The van der Waals surface area contributed by atoms with Gasteiger partial charge in [-0.1, -0.05) is 12.7 Å². The standard InChI is InChI=1S/C11H18O3/c1-3-7-14-10(13)11(2)6-4-5-9(12)8-11/h3,9,12H,1,4-8H2,2H3. The van der Waals surface area contributed by atoms with Gasteiger partial charge in [0.1, 0.15) is 6.61 Å². The second-order valence-corrected chi connectivity index (χ2v) is 4.20. The van der Waals surface area contributed by atoms with Crippen molar-refractivity contribution in [3.05, 3.63) is 12.7 Å².